The van der Waals surface area contributed by atoms with Gasteiger partial charge in [-0.15, -0.1) is 0 Å². The number of carbonyl (C=O) groups is 1. The first kappa shape index (κ1) is 17.2. The number of ether oxygens (including phenoxy) is 1. The van der Waals surface area contributed by atoms with Gasteiger partial charge in [-0.1, -0.05) is 17.8 Å². The highest BCUT2D eigenvalue weighted by Crippen LogP contribution is 2.24. The Morgan fingerprint density at radius 2 is 2.04 bits per heavy atom. The van der Waals surface area contributed by atoms with Crippen LogP contribution < -0.4 is 10.1 Å². The number of benzene rings is 2. The lowest BCUT2D eigenvalue weighted by Crippen LogP contribution is -2.16. The number of aromatic amines is 1. The second-order valence-corrected chi connectivity index (χ2v) is 6.05. The van der Waals surface area contributed by atoms with Gasteiger partial charge in [-0.2, -0.15) is 0 Å². The van der Waals surface area contributed by atoms with Crippen molar-refractivity contribution < 1.29 is 18.3 Å². The summed E-state index contributed by atoms with van der Waals surface area (Å²) in [6.07, 6.45) is 0. The zero-order valence-corrected chi connectivity index (χ0v) is 14.1. The van der Waals surface area contributed by atoms with Gasteiger partial charge in [0.15, 0.2) is 5.16 Å². The molecule has 1 amide bonds. The van der Waals surface area contributed by atoms with Gasteiger partial charge in [-0.25, -0.2) is 13.8 Å². The standard InChI is InChI=1S/C17H15F2N3O2S/c1-2-24-10-6-7-13-14(8-10)21-17(20-13)25-9-15(23)22-16-11(18)4-3-5-12(16)19/h3-8H,2,9H2,1H3,(H,20,21)(H,22,23). The van der Waals surface area contributed by atoms with E-state index >= 15 is 0 Å². The van der Waals surface area contributed by atoms with Gasteiger partial charge in [0.05, 0.1) is 23.4 Å². The minimum atomic E-state index is -0.814. The molecule has 0 saturated heterocycles. The predicted molar refractivity (Wildman–Crippen MR) is 93.0 cm³/mol. The molecule has 8 heteroatoms. The number of anilines is 1. The Morgan fingerprint density at radius 3 is 2.76 bits per heavy atom. The Kier molecular flexibility index (Phi) is 5.18. The molecule has 0 unspecified atom stereocenters. The van der Waals surface area contributed by atoms with Crippen LogP contribution in [0.2, 0.25) is 0 Å². The quantitative estimate of drug-likeness (QED) is 0.651. The van der Waals surface area contributed by atoms with Crippen molar-refractivity contribution in [2.75, 3.05) is 17.7 Å². The SMILES string of the molecule is CCOc1ccc2nc(SCC(=O)Nc3c(F)cccc3F)[nH]c2c1. The number of imidazole rings is 1. The number of carbonyl (C=O) groups excluding carboxylic acids is 1. The summed E-state index contributed by atoms with van der Waals surface area (Å²) in [5.74, 6) is -1.46. The predicted octanol–water partition coefficient (Wildman–Crippen LogP) is 3.97. The van der Waals surface area contributed by atoms with E-state index in [1.165, 1.54) is 6.07 Å². The number of halogens is 2. The van der Waals surface area contributed by atoms with Crippen LogP contribution in [0.1, 0.15) is 6.92 Å². The molecule has 0 radical (unpaired) electrons. The molecule has 3 aromatic rings. The van der Waals surface area contributed by atoms with E-state index in [2.05, 4.69) is 15.3 Å². The average molecular weight is 363 g/mol. The summed E-state index contributed by atoms with van der Waals surface area (Å²) in [6.45, 7) is 2.46. The normalized spacial score (nSPS) is 10.8. The van der Waals surface area contributed by atoms with Crippen molar-refractivity contribution in [2.45, 2.75) is 12.1 Å². The lowest BCUT2D eigenvalue weighted by Gasteiger charge is -2.06. The number of thioether (sulfide) groups is 1. The number of hydrogen-bond donors (Lipinski definition) is 2. The fraction of sp³-hybridized carbons (Fsp3) is 0.176. The molecule has 0 fully saturated rings. The van der Waals surface area contributed by atoms with Gasteiger partial charge in [0.1, 0.15) is 23.1 Å². The maximum atomic E-state index is 13.5. The van der Waals surface area contributed by atoms with Gasteiger partial charge in [0, 0.05) is 6.07 Å². The van der Waals surface area contributed by atoms with E-state index in [-0.39, 0.29) is 5.75 Å². The number of hydrogen-bond acceptors (Lipinski definition) is 4. The van der Waals surface area contributed by atoms with Gasteiger partial charge >= 0.3 is 0 Å². The summed E-state index contributed by atoms with van der Waals surface area (Å²) < 4.78 is 32.5. The van der Waals surface area contributed by atoms with Crippen molar-refractivity contribution >= 4 is 34.4 Å². The van der Waals surface area contributed by atoms with Crippen LogP contribution in [0.3, 0.4) is 0 Å². The highest BCUT2D eigenvalue weighted by Gasteiger charge is 2.13. The summed E-state index contributed by atoms with van der Waals surface area (Å²) in [5, 5.41) is 2.77. The molecule has 0 saturated carbocycles. The summed E-state index contributed by atoms with van der Waals surface area (Å²) in [4.78, 5) is 19.3. The summed E-state index contributed by atoms with van der Waals surface area (Å²) >= 11 is 1.14. The van der Waals surface area contributed by atoms with Crippen LogP contribution in [0.5, 0.6) is 5.75 Å². The van der Waals surface area contributed by atoms with E-state index in [0.29, 0.717) is 11.8 Å². The van der Waals surface area contributed by atoms with Crippen molar-refractivity contribution in [3.05, 3.63) is 48.0 Å². The molecule has 0 bridgehead atoms. The Labute approximate surface area is 146 Å². The number of para-hydroxylation sites is 1. The number of nitrogens with one attached hydrogen (secondary N) is 2. The lowest BCUT2D eigenvalue weighted by molar-refractivity contribution is -0.113. The van der Waals surface area contributed by atoms with Crippen LogP contribution in [0.15, 0.2) is 41.6 Å². The molecular formula is C17H15F2N3O2S. The molecule has 2 aromatic carbocycles. The molecule has 0 aliphatic heterocycles. The molecule has 3 rings (SSSR count). The average Bonchev–Trinajstić information content (AvgIpc) is 2.99. The smallest absolute Gasteiger partial charge is 0.235 e. The van der Waals surface area contributed by atoms with Crippen LogP contribution in [-0.2, 0) is 4.79 Å². The summed E-state index contributed by atoms with van der Waals surface area (Å²) in [6, 6.07) is 8.86. The fourth-order valence-electron chi connectivity index (χ4n) is 2.22. The summed E-state index contributed by atoms with van der Waals surface area (Å²) in [5.41, 5.74) is 1.08. The third-order valence-electron chi connectivity index (χ3n) is 3.31. The van der Waals surface area contributed by atoms with E-state index in [0.717, 1.165) is 40.7 Å². The zero-order valence-electron chi connectivity index (χ0n) is 13.3. The third-order valence-corrected chi connectivity index (χ3v) is 4.18. The van der Waals surface area contributed by atoms with Crippen molar-refractivity contribution in [2.24, 2.45) is 0 Å². The van der Waals surface area contributed by atoms with Crippen molar-refractivity contribution in [3.8, 4) is 5.75 Å². The Morgan fingerprint density at radius 1 is 1.28 bits per heavy atom. The molecular weight excluding hydrogens is 348 g/mol. The second kappa shape index (κ2) is 7.52. The fourth-order valence-corrected chi connectivity index (χ4v) is 2.90. The molecule has 1 heterocycles. The Balaban J connectivity index is 1.65. The lowest BCUT2D eigenvalue weighted by atomic mass is 10.3. The molecule has 0 spiro atoms. The van der Waals surface area contributed by atoms with Gasteiger partial charge in [-0.3, -0.25) is 4.79 Å². The third kappa shape index (κ3) is 4.08. The number of amides is 1. The van der Waals surface area contributed by atoms with Gasteiger partial charge in [0.25, 0.3) is 0 Å². The van der Waals surface area contributed by atoms with Gasteiger partial charge in [0.2, 0.25) is 5.91 Å². The van der Waals surface area contributed by atoms with E-state index in [9.17, 15) is 13.6 Å². The maximum absolute atomic E-state index is 13.5. The van der Waals surface area contributed by atoms with Gasteiger partial charge in [-0.05, 0) is 31.2 Å². The van der Waals surface area contributed by atoms with E-state index in [1.54, 1.807) is 0 Å². The topological polar surface area (TPSA) is 67.0 Å². The molecule has 0 aliphatic carbocycles. The number of fused-ring (bicyclic) bond motifs is 1. The van der Waals surface area contributed by atoms with E-state index in [4.69, 9.17) is 4.74 Å². The van der Waals surface area contributed by atoms with Crippen molar-refractivity contribution in [1.29, 1.82) is 0 Å². The Bertz CT molecular complexity index is 894. The maximum Gasteiger partial charge on any atom is 0.235 e. The Hall–Kier alpha value is -2.61. The zero-order chi connectivity index (χ0) is 17.8. The number of nitrogens with zero attached hydrogens (tertiary/aromatic N) is 1. The number of H-pyrrole nitrogens is 1. The van der Waals surface area contributed by atoms with E-state index < -0.39 is 23.2 Å². The van der Waals surface area contributed by atoms with Crippen LogP contribution >= 0.6 is 11.8 Å². The van der Waals surface area contributed by atoms with Gasteiger partial charge < -0.3 is 15.0 Å². The highest BCUT2D eigenvalue weighted by molar-refractivity contribution is 7.99. The molecule has 0 aliphatic rings. The van der Waals surface area contributed by atoms with Crippen molar-refractivity contribution in [1.82, 2.24) is 9.97 Å². The highest BCUT2D eigenvalue weighted by atomic mass is 32.2. The van der Waals surface area contributed by atoms with Crippen LogP contribution in [0, 0.1) is 11.6 Å². The van der Waals surface area contributed by atoms with Crippen LogP contribution in [0.4, 0.5) is 14.5 Å². The van der Waals surface area contributed by atoms with Crippen LogP contribution in [-0.4, -0.2) is 28.2 Å². The summed E-state index contributed by atoms with van der Waals surface area (Å²) in [7, 11) is 0. The molecule has 5 nitrogen and oxygen atoms in total. The molecule has 25 heavy (non-hydrogen) atoms. The van der Waals surface area contributed by atoms with Crippen molar-refractivity contribution in [3.63, 3.8) is 0 Å². The number of rotatable bonds is 6. The molecule has 0 atom stereocenters. The van der Waals surface area contributed by atoms with E-state index in [1.807, 2.05) is 25.1 Å². The first-order valence-electron chi connectivity index (χ1n) is 7.56. The molecule has 1 aromatic heterocycles. The minimum absolute atomic E-state index is 0.0358. The largest absolute Gasteiger partial charge is 0.494 e. The monoisotopic (exact) mass is 363 g/mol. The molecule has 2 N–H and O–H groups in total. The minimum Gasteiger partial charge on any atom is -0.494 e. The first-order valence-corrected chi connectivity index (χ1v) is 8.54. The second-order valence-electron chi connectivity index (χ2n) is 5.09. The molecule has 130 valence electrons. The van der Waals surface area contributed by atoms with Crippen LogP contribution in [0.25, 0.3) is 11.0 Å². The first-order chi connectivity index (χ1) is 12.1. The number of aromatic nitrogens is 2.